The average molecular weight is 255 g/mol. The molecule has 0 N–H and O–H groups in total. The number of nitrogens with zero attached hydrogens (tertiary/aromatic N) is 1. The highest BCUT2D eigenvalue weighted by Gasteiger charge is 2.12. The standard InChI is InChI=1S/C18H25N/c1-13(2)8-14-6-7-15-12-19-17(10-16(15)9-14)11-18(3,4)5/h6-7,9-10,12-13H,8,11H2,1-5H3. The lowest BCUT2D eigenvalue weighted by Crippen LogP contribution is -2.10. The van der Waals surface area contributed by atoms with Gasteiger partial charge in [-0.1, -0.05) is 52.8 Å². The summed E-state index contributed by atoms with van der Waals surface area (Å²) in [6, 6.07) is 9.00. The van der Waals surface area contributed by atoms with Gasteiger partial charge in [0.2, 0.25) is 0 Å². The van der Waals surface area contributed by atoms with E-state index in [0.717, 1.165) is 12.8 Å². The zero-order valence-corrected chi connectivity index (χ0v) is 12.8. The Hall–Kier alpha value is -1.37. The first-order valence-electron chi connectivity index (χ1n) is 7.21. The van der Waals surface area contributed by atoms with Crippen LogP contribution < -0.4 is 0 Å². The molecule has 0 spiro atoms. The summed E-state index contributed by atoms with van der Waals surface area (Å²) in [5, 5.41) is 2.57. The molecule has 1 heteroatoms. The molecular weight excluding hydrogens is 230 g/mol. The van der Waals surface area contributed by atoms with E-state index in [9.17, 15) is 0 Å². The molecule has 1 aromatic carbocycles. The van der Waals surface area contributed by atoms with Crippen molar-refractivity contribution < 1.29 is 0 Å². The van der Waals surface area contributed by atoms with Crippen molar-refractivity contribution in [2.24, 2.45) is 11.3 Å². The zero-order valence-electron chi connectivity index (χ0n) is 12.8. The Kier molecular flexibility index (Phi) is 3.93. The molecule has 1 heterocycles. The highest BCUT2D eigenvalue weighted by molar-refractivity contribution is 5.82. The first kappa shape index (κ1) is 14.0. The van der Waals surface area contributed by atoms with Gasteiger partial charge < -0.3 is 0 Å². The van der Waals surface area contributed by atoms with Gasteiger partial charge in [0.15, 0.2) is 0 Å². The van der Waals surface area contributed by atoms with Crippen LogP contribution in [0.15, 0.2) is 30.5 Å². The van der Waals surface area contributed by atoms with Crippen LogP contribution in [-0.4, -0.2) is 4.98 Å². The number of fused-ring (bicyclic) bond motifs is 1. The summed E-state index contributed by atoms with van der Waals surface area (Å²) in [6.45, 7) is 11.3. The maximum absolute atomic E-state index is 4.58. The highest BCUT2D eigenvalue weighted by atomic mass is 14.7. The Bertz CT molecular complexity index is 561. The number of hydrogen-bond acceptors (Lipinski definition) is 1. The third kappa shape index (κ3) is 4.05. The van der Waals surface area contributed by atoms with Gasteiger partial charge in [-0.2, -0.15) is 0 Å². The van der Waals surface area contributed by atoms with E-state index < -0.39 is 0 Å². The molecular formula is C18H25N. The SMILES string of the molecule is CC(C)Cc1ccc2cnc(CC(C)(C)C)cc2c1. The van der Waals surface area contributed by atoms with Crippen LogP contribution >= 0.6 is 0 Å². The summed E-state index contributed by atoms with van der Waals surface area (Å²) < 4.78 is 0. The minimum atomic E-state index is 0.288. The lowest BCUT2D eigenvalue weighted by molar-refractivity contribution is 0.406. The van der Waals surface area contributed by atoms with Crippen molar-refractivity contribution in [2.75, 3.05) is 0 Å². The second kappa shape index (κ2) is 5.32. The predicted octanol–water partition coefficient (Wildman–Crippen LogP) is 5.02. The maximum Gasteiger partial charge on any atom is 0.0415 e. The van der Waals surface area contributed by atoms with Gasteiger partial charge in [-0.3, -0.25) is 4.98 Å². The first-order chi connectivity index (χ1) is 8.83. The van der Waals surface area contributed by atoms with Crippen LogP contribution in [0.5, 0.6) is 0 Å². The zero-order chi connectivity index (χ0) is 14.0. The fraction of sp³-hybridized carbons (Fsp3) is 0.500. The fourth-order valence-corrected chi connectivity index (χ4v) is 2.47. The normalized spacial score (nSPS) is 12.3. The molecule has 19 heavy (non-hydrogen) atoms. The molecule has 102 valence electrons. The van der Waals surface area contributed by atoms with E-state index >= 15 is 0 Å². The smallest absolute Gasteiger partial charge is 0.0415 e. The van der Waals surface area contributed by atoms with E-state index in [1.54, 1.807) is 0 Å². The topological polar surface area (TPSA) is 12.9 Å². The van der Waals surface area contributed by atoms with Gasteiger partial charge in [-0.15, -0.1) is 0 Å². The summed E-state index contributed by atoms with van der Waals surface area (Å²) in [6.07, 6.45) is 4.18. The summed E-state index contributed by atoms with van der Waals surface area (Å²) in [5.41, 5.74) is 2.91. The minimum absolute atomic E-state index is 0.288. The van der Waals surface area contributed by atoms with Crippen molar-refractivity contribution >= 4 is 10.8 Å². The van der Waals surface area contributed by atoms with Gasteiger partial charge in [-0.05, 0) is 41.2 Å². The van der Waals surface area contributed by atoms with Gasteiger partial charge >= 0.3 is 0 Å². The Morgan fingerprint density at radius 3 is 2.42 bits per heavy atom. The lowest BCUT2D eigenvalue weighted by atomic mass is 9.90. The van der Waals surface area contributed by atoms with Crippen LogP contribution in [0.1, 0.15) is 45.9 Å². The predicted molar refractivity (Wildman–Crippen MR) is 83.4 cm³/mol. The highest BCUT2D eigenvalue weighted by Crippen LogP contribution is 2.23. The van der Waals surface area contributed by atoms with Crippen molar-refractivity contribution in [2.45, 2.75) is 47.5 Å². The molecule has 0 atom stereocenters. The number of pyridine rings is 1. The van der Waals surface area contributed by atoms with Crippen LogP contribution in [0.2, 0.25) is 0 Å². The van der Waals surface area contributed by atoms with Crippen LogP contribution in [-0.2, 0) is 12.8 Å². The van der Waals surface area contributed by atoms with Crippen molar-refractivity contribution in [3.8, 4) is 0 Å². The largest absolute Gasteiger partial charge is 0.261 e. The van der Waals surface area contributed by atoms with Crippen LogP contribution in [0.25, 0.3) is 10.8 Å². The lowest BCUT2D eigenvalue weighted by Gasteiger charge is -2.17. The number of aromatic nitrogens is 1. The van der Waals surface area contributed by atoms with Crippen molar-refractivity contribution in [3.63, 3.8) is 0 Å². The van der Waals surface area contributed by atoms with E-state index in [0.29, 0.717) is 5.92 Å². The van der Waals surface area contributed by atoms with E-state index in [2.05, 4.69) is 63.9 Å². The summed E-state index contributed by atoms with van der Waals surface area (Å²) in [5.74, 6) is 0.702. The second-order valence-corrected chi connectivity index (χ2v) is 7.19. The van der Waals surface area contributed by atoms with Crippen molar-refractivity contribution in [1.29, 1.82) is 0 Å². The van der Waals surface area contributed by atoms with Crippen molar-refractivity contribution in [3.05, 3.63) is 41.7 Å². The number of benzene rings is 1. The fourth-order valence-electron chi connectivity index (χ4n) is 2.47. The molecule has 0 saturated heterocycles. The summed E-state index contributed by atoms with van der Waals surface area (Å²) in [4.78, 5) is 4.58. The molecule has 1 aromatic heterocycles. The minimum Gasteiger partial charge on any atom is -0.261 e. The molecule has 2 rings (SSSR count). The molecule has 0 aliphatic carbocycles. The summed E-state index contributed by atoms with van der Waals surface area (Å²) >= 11 is 0. The van der Waals surface area contributed by atoms with Gasteiger partial charge in [0, 0.05) is 17.3 Å². The summed E-state index contributed by atoms with van der Waals surface area (Å²) in [7, 11) is 0. The van der Waals surface area contributed by atoms with Crippen LogP contribution in [0, 0.1) is 11.3 Å². The molecule has 0 fully saturated rings. The molecule has 2 aromatic rings. The van der Waals surface area contributed by atoms with Gasteiger partial charge in [0.25, 0.3) is 0 Å². The number of hydrogen-bond donors (Lipinski definition) is 0. The quantitative estimate of drug-likeness (QED) is 0.750. The molecule has 0 aliphatic heterocycles. The average Bonchev–Trinajstić information content (AvgIpc) is 2.25. The second-order valence-electron chi connectivity index (χ2n) is 7.19. The third-order valence-electron chi connectivity index (χ3n) is 3.20. The van der Waals surface area contributed by atoms with Gasteiger partial charge in [0.1, 0.15) is 0 Å². The molecule has 0 amide bonds. The third-order valence-corrected chi connectivity index (χ3v) is 3.20. The van der Waals surface area contributed by atoms with E-state index in [1.807, 2.05) is 6.20 Å². The first-order valence-corrected chi connectivity index (χ1v) is 7.21. The van der Waals surface area contributed by atoms with Crippen LogP contribution in [0.3, 0.4) is 0 Å². The molecule has 0 radical (unpaired) electrons. The molecule has 0 unspecified atom stereocenters. The molecule has 0 bridgehead atoms. The van der Waals surface area contributed by atoms with Crippen molar-refractivity contribution in [1.82, 2.24) is 4.98 Å². The molecule has 0 saturated carbocycles. The monoisotopic (exact) mass is 255 g/mol. The Morgan fingerprint density at radius 1 is 1.05 bits per heavy atom. The van der Waals surface area contributed by atoms with E-state index in [-0.39, 0.29) is 5.41 Å². The van der Waals surface area contributed by atoms with E-state index in [1.165, 1.54) is 22.0 Å². The van der Waals surface area contributed by atoms with E-state index in [4.69, 9.17) is 0 Å². The Morgan fingerprint density at radius 2 is 1.79 bits per heavy atom. The van der Waals surface area contributed by atoms with Gasteiger partial charge in [-0.25, -0.2) is 0 Å². The number of rotatable bonds is 3. The molecule has 0 aliphatic rings. The van der Waals surface area contributed by atoms with Gasteiger partial charge in [0.05, 0.1) is 0 Å². The van der Waals surface area contributed by atoms with Crippen LogP contribution in [0.4, 0.5) is 0 Å². The Labute approximate surface area is 117 Å². The molecule has 1 nitrogen and oxygen atoms in total. The maximum atomic E-state index is 4.58. The Balaban J connectivity index is 2.34.